The standard InChI is InChI=1S/C19H17FN2O5/c1-19(2)26-17(23)14(18(24)27-19)10-22-13-5-6-16(15(20)8-13)25-11-12-4-3-7-21-9-12/h3-10,22H,11H2,1-2H3. The quantitative estimate of drug-likeness (QED) is 0.490. The van der Waals surface area contributed by atoms with Crippen LogP contribution >= 0.6 is 0 Å². The van der Waals surface area contributed by atoms with Crippen molar-refractivity contribution in [2.24, 2.45) is 0 Å². The van der Waals surface area contributed by atoms with E-state index in [0.29, 0.717) is 5.69 Å². The zero-order valence-electron chi connectivity index (χ0n) is 14.7. The predicted octanol–water partition coefficient (Wildman–Crippen LogP) is 2.93. The van der Waals surface area contributed by atoms with Gasteiger partial charge in [-0.25, -0.2) is 14.0 Å². The third-order valence-electron chi connectivity index (χ3n) is 3.55. The highest BCUT2D eigenvalue weighted by molar-refractivity contribution is 6.15. The van der Waals surface area contributed by atoms with E-state index in [9.17, 15) is 14.0 Å². The Morgan fingerprint density at radius 3 is 2.59 bits per heavy atom. The Balaban J connectivity index is 1.65. The van der Waals surface area contributed by atoms with Crippen LogP contribution < -0.4 is 10.1 Å². The zero-order valence-corrected chi connectivity index (χ0v) is 14.7. The minimum atomic E-state index is -1.31. The second-order valence-electron chi connectivity index (χ2n) is 6.18. The van der Waals surface area contributed by atoms with E-state index in [2.05, 4.69) is 10.3 Å². The van der Waals surface area contributed by atoms with E-state index in [1.165, 1.54) is 26.0 Å². The van der Waals surface area contributed by atoms with Gasteiger partial charge in [0, 0.05) is 49.8 Å². The van der Waals surface area contributed by atoms with Crippen molar-refractivity contribution in [2.75, 3.05) is 5.32 Å². The van der Waals surface area contributed by atoms with Gasteiger partial charge in [-0.2, -0.15) is 0 Å². The molecule has 1 fully saturated rings. The summed E-state index contributed by atoms with van der Waals surface area (Å²) in [7, 11) is 0. The van der Waals surface area contributed by atoms with Crippen LogP contribution in [0.4, 0.5) is 10.1 Å². The van der Waals surface area contributed by atoms with Gasteiger partial charge in [0.2, 0.25) is 0 Å². The van der Waals surface area contributed by atoms with Crippen LogP contribution in [0.2, 0.25) is 0 Å². The number of carbonyl (C=O) groups excluding carboxylic acids is 2. The molecule has 8 heteroatoms. The predicted molar refractivity (Wildman–Crippen MR) is 92.9 cm³/mol. The van der Waals surface area contributed by atoms with Crippen LogP contribution in [0, 0.1) is 5.82 Å². The van der Waals surface area contributed by atoms with Crippen LogP contribution in [-0.2, 0) is 25.7 Å². The summed E-state index contributed by atoms with van der Waals surface area (Å²) >= 11 is 0. The van der Waals surface area contributed by atoms with Gasteiger partial charge in [-0.05, 0) is 18.2 Å². The van der Waals surface area contributed by atoms with Crippen LogP contribution in [0.5, 0.6) is 5.75 Å². The molecular weight excluding hydrogens is 355 g/mol. The van der Waals surface area contributed by atoms with Crippen molar-refractivity contribution in [1.29, 1.82) is 0 Å². The van der Waals surface area contributed by atoms with E-state index in [-0.39, 0.29) is 17.9 Å². The van der Waals surface area contributed by atoms with Gasteiger partial charge < -0.3 is 19.5 Å². The van der Waals surface area contributed by atoms with Crippen LogP contribution in [-0.4, -0.2) is 22.7 Å². The first kappa shape index (κ1) is 18.4. The van der Waals surface area contributed by atoms with Crippen molar-refractivity contribution in [3.63, 3.8) is 0 Å². The Kier molecular flexibility index (Phi) is 5.07. The van der Waals surface area contributed by atoms with Gasteiger partial charge in [0.25, 0.3) is 5.79 Å². The fourth-order valence-corrected chi connectivity index (χ4v) is 2.29. The van der Waals surface area contributed by atoms with Crippen LogP contribution in [0.25, 0.3) is 0 Å². The van der Waals surface area contributed by atoms with Crippen molar-refractivity contribution in [2.45, 2.75) is 26.2 Å². The van der Waals surface area contributed by atoms with Gasteiger partial charge >= 0.3 is 11.9 Å². The molecule has 0 saturated carbocycles. The largest absolute Gasteiger partial charge is 0.486 e. The number of esters is 2. The van der Waals surface area contributed by atoms with Gasteiger partial charge in [-0.1, -0.05) is 6.07 Å². The molecule has 7 nitrogen and oxygen atoms in total. The lowest BCUT2D eigenvalue weighted by Gasteiger charge is -2.29. The van der Waals surface area contributed by atoms with Gasteiger partial charge in [0.05, 0.1) is 0 Å². The Bertz CT molecular complexity index is 874. The maximum Gasteiger partial charge on any atom is 0.350 e. The number of aromatic nitrogens is 1. The molecule has 1 aromatic carbocycles. The number of pyridine rings is 1. The first-order valence-electron chi connectivity index (χ1n) is 8.09. The highest BCUT2D eigenvalue weighted by Gasteiger charge is 2.38. The van der Waals surface area contributed by atoms with Gasteiger partial charge in [0.15, 0.2) is 17.1 Å². The average molecular weight is 372 g/mol. The SMILES string of the molecule is CC1(C)OC(=O)C(=CNc2ccc(OCc3cccnc3)c(F)c2)C(=O)O1. The second-order valence-corrected chi connectivity index (χ2v) is 6.18. The summed E-state index contributed by atoms with van der Waals surface area (Å²) in [5, 5.41) is 2.68. The Morgan fingerprint density at radius 1 is 1.22 bits per heavy atom. The van der Waals surface area contributed by atoms with E-state index in [1.807, 2.05) is 6.07 Å². The maximum absolute atomic E-state index is 14.2. The van der Waals surface area contributed by atoms with Crippen molar-refractivity contribution in [3.8, 4) is 5.75 Å². The molecule has 1 saturated heterocycles. The summed E-state index contributed by atoms with van der Waals surface area (Å²) < 4.78 is 29.6. The summed E-state index contributed by atoms with van der Waals surface area (Å²) in [5.41, 5.74) is 0.812. The molecular formula is C19H17FN2O5. The topological polar surface area (TPSA) is 86.8 Å². The normalized spacial score (nSPS) is 15.6. The zero-order chi connectivity index (χ0) is 19.4. The van der Waals surface area contributed by atoms with Gasteiger partial charge in [0.1, 0.15) is 6.61 Å². The summed E-state index contributed by atoms with van der Waals surface area (Å²) in [6.07, 6.45) is 4.38. The number of rotatable bonds is 5. The minimum Gasteiger partial charge on any atom is -0.486 e. The molecule has 2 aromatic rings. The first-order valence-corrected chi connectivity index (χ1v) is 8.09. The van der Waals surface area contributed by atoms with Gasteiger partial charge in [-0.15, -0.1) is 0 Å². The Hall–Kier alpha value is -3.42. The second kappa shape index (κ2) is 7.45. The lowest BCUT2D eigenvalue weighted by molar-refractivity contribution is -0.222. The van der Waals surface area contributed by atoms with Crippen molar-refractivity contribution >= 4 is 17.6 Å². The molecule has 0 bridgehead atoms. The number of nitrogens with zero attached hydrogens (tertiary/aromatic N) is 1. The molecule has 27 heavy (non-hydrogen) atoms. The molecule has 0 spiro atoms. The van der Waals surface area contributed by atoms with E-state index in [1.54, 1.807) is 24.5 Å². The van der Waals surface area contributed by atoms with Crippen molar-refractivity contribution in [3.05, 3.63) is 65.9 Å². The lowest BCUT2D eigenvalue weighted by atomic mass is 10.2. The number of cyclic esters (lactones) is 2. The summed E-state index contributed by atoms with van der Waals surface area (Å²) in [4.78, 5) is 27.7. The number of hydrogen-bond acceptors (Lipinski definition) is 7. The molecule has 140 valence electrons. The molecule has 0 aliphatic carbocycles. The summed E-state index contributed by atoms with van der Waals surface area (Å²) in [6.45, 7) is 3.08. The number of benzene rings is 1. The number of halogens is 1. The van der Waals surface area contributed by atoms with Gasteiger partial charge in [-0.3, -0.25) is 4.98 Å². The molecule has 0 radical (unpaired) electrons. The molecule has 3 rings (SSSR count). The number of anilines is 1. The van der Waals surface area contributed by atoms with E-state index < -0.39 is 23.5 Å². The average Bonchev–Trinajstić information content (AvgIpc) is 2.60. The third kappa shape index (κ3) is 4.60. The van der Waals surface area contributed by atoms with Crippen molar-refractivity contribution < 1.29 is 28.2 Å². The molecule has 0 amide bonds. The molecule has 1 aromatic heterocycles. The third-order valence-corrected chi connectivity index (χ3v) is 3.55. The molecule has 0 unspecified atom stereocenters. The molecule has 1 aliphatic rings. The number of ether oxygens (including phenoxy) is 3. The number of carbonyl (C=O) groups is 2. The Labute approximate surface area is 154 Å². The first-order chi connectivity index (χ1) is 12.8. The lowest BCUT2D eigenvalue weighted by Crippen LogP contribution is -2.42. The number of nitrogens with one attached hydrogen (secondary N) is 1. The summed E-state index contributed by atoms with van der Waals surface area (Å²) in [5.74, 6) is -3.49. The highest BCUT2D eigenvalue weighted by Crippen LogP contribution is 2.24. The molecule has 1 aliphatic heterocycles. The molecule has 0 atom stereocenters. The minimum absolute atomic E-state index is 0.0651. The number of hydrogen-bond donors (Lipinski definition) is 1. The van der Waals surface area contributed by atoms with Crippen LogP contribution in [0.15, 0.2) is 54.5 Å². The summed E-state index contributed by atoms with van der Waals surface area (Å²) in [6, 6.07) is 7.74. The monoisotopic (exact) mass is 372 g/mol. The van der Waals surface area contributed by atoms with E-state index >= 15 is 0 Å². The van der Waals surface area contributed by atoms with E-state index in [4.69, 9.17) is 14.2 Å². The van der Waals surface area contributed by atoms with E-state index in [0.717, 1.165) is 11.8 Å². The van der Waals surface area contributed by atoms with Crippen LogP contribution in [0.3, 0.4) is 0 Å². The molecule has 2 heterocycles. The van der Waals surface area contributed by atoms with Crippen LogP contribution in [0.1, 0.15) is 19.4 Å². The fraction of sp³-hybridized carbons (Fsp3) is 0.211. The maximum atomic E-state index is 14.2. The fourth-order valence-electron chi connectivity index (χ4n) is 2.29. The van der Waals surface area contributed by atoms with Crippen molar-refractivity contribution in [1.82, 2.24) is 4.98 Å². The molecule has 1 N–H and O–H groups in total. The Morgan fingerprint density at radius 2 is 1.96 bits per heavy atom. The smallest absolute Gasteiger partial charge is 0.350 e. The highest BCUT2D eigenvalue weighted by atomic mass is 19.1.